The van der Waals surface area contributed by atoms with Gasteiger partial charge in [0.05, 0.1) is 18.3 Å². The first-order chi connectivity index (χ1) is 9.60. The number of hydrogen-bond donors (Lipinski definition) is 3. The zero-order valence-corrected chi connectivity index (χ0v) is 12.5. The van der Waals surface area contributed by atoms with Crippen LogP contribution in [0.25, 0.3) is 0 Å². The Morgan fingerprint density at radius 1 is 1.50 bits per heavy atom. The zero-order valence-electron chi connectivity index (χ0n) is 10.9. The van der Waals surface area contributed by atoms with Crippen molar-refractivity contribution in [3.63, 3.8) is 0 Å². The quantitative estimate of drug-likeness (QED) is 0.559. The van der Waals surface area contributed by atoms with E-state index >= 15 is 0 Å². The number of nitrogens with one attached hydrogen (secondary N) is 2. The van der Waals surface area contributed by atoms with E-state index in [2.05, 4.69) is 36.8 Å². The number of nitrogens with zero attached hydrogens (tertiary/aromatic N) is 3. The van der Waals surface area contributed by atoms with E-state index in [0.717, 1.165) is 5.56 Å². The third kappa shape index (κ3) is 3.55. The summed E-state index contributed by atoms with van der Waals surface area (Å²) < 4.78 is 2.49. The number of amides is 1. The van der Waals surface area contributed by atoms with Crippen molar-refractivity contribution in [3.05, 3.63) is 40.3 Å². The summed E-state index contributed by atoms with van der Waals surface area (Å²) >= 11 is 3.28. The summed E-state index contributed by atoms with van der Waals surface area (Å²) in [5, 5.41) is 6.95. The second-order valence-corrected chi connectivity index (χ2v) is 5.15. The molecule has 0 bridgehead atoms. The molecule has 0 saturated heterocycles. The molecule has 2 heterocycles. The van der Waals surface area contributed by atoms with Crippen molar-refractivity contribution in [2.75, 3.05) is 12.0 Å². The number of halogens is 1. The molecule has 4 N–H and O–H groups in total. The molecule has 2 aromatic heterocycles. The van der Waals surface area contributed by atoms with E-state index in [-0.39, 0.29) is 5.91 Å². The molecule has 0 aliphatic rings. The Kier molecular flexibility index (Phi) is 4.70. The fourth-order valence-corrected chi connectivity index (χ4v) is 2.03. The van der Waals surface area contributed by atoms with E-state index in [0.29, 0.717) is 28.9 Å². The van der Waals surface area contributed by atoms with E-state index in [1.54, 1.807) is 23.1 Å². The number of hydrogen-bond acceptors (Lipinski definition) is 5. The summed E-state index contributed by atoms with van der Waals surface area (Å²) in [7, 11) is 0. The standard InChI is InChI=1S/C12H15BrN6O/c1-8-5-17-19(7-8)3-2-15-12(20)10-4-9(13)6-16-11(10)18-14/h4-7H,2-3,14H2,1H3,(H,15,20)(H,16,18). The molecule has 2 aromatic rings. The molecule has 7 nitrogen and oxygen atoms in total. The average molecular weight is 339 g/mol. The van der Waals surface area contributed by atoms with Gasteiger partial charge in [0, 0.05) is 23.4 Å². The van der Waals surface area contributed by atoms with Crippen LogP contribution in [0.15, 0.2) is 29.1 Å². The van der Waals surface area contributed by atoms with Gasteiger partial charge in [-0.25, -0.2) is 10.8 Å². The summed E-state index contributed by atoms with van der Waals surface area (Å²) in [6.45, 7) is 3.04. The van der Waals surface area contributed by atoms with Crippen LogP contribution in [0.4, 0.5) is 5.82 Å². The van der Waals surface area contributed by atoms with Gasteiger partial charge < -0.3 is 10.7 Å². The summed E-state index contributed by atoms with van der Waals surface area (Å²) in [6.07, 6.45) is 5.26. The van der Waals surface area contributed by atoms with Crippen LogP contribution in [0, 0.1) is 6.92 Å². The Hall–Kier alpha value is -1.93. The number of pyridine rings is 1. The molecule has 0 saturated carbocycles. The Morgan fingerprint density at radius 2 is 2.30 bits per heavy atom. The van der Waals surface area contributed by atoms with Crippen molar-refractivity contribution in [2.45, 2.75) is 13.5 Å². The maximum atomic E-state index is 12.1. The highest BCUT2D eigenvalue weighted by Gasteiger charge is 2.12. The van der Waals surface area contributed by atoms with Crippen LogP contribution in [-0.2, 0) is 6.54 Å². The number of rotatable bonds is 5. The maximum absolute atomic E-state index is 12.1. The summed E-state index contributed by atoms with van der Waals surface area (Å²) in [6, 6.07) is 1.66. The lowest BCUT2D eigenvalue weighted by molar-refractivity contribution is 0.0952. The SMILES string of the molecule is Cc1cnn(CCNC(=O)c2cc(Br)cnc2NN)c1. The first-order valence-electron chi connectivity index (χ1n) is 5.99. The summed E-state index contributed by atoms with van der Waals surface area (Å²) in [5.74, 6) is 5.43. The topological polar surface area (TPSA) is 97.9 Å². The molecule has 1 amide bonds. The average Bonchev–Trinajstić information content (AvgIpc) is 2.84. The second kappa shape index (κ2) is 6.49. The van der Waals surface area contributed by atoms with Gasteiger partial charge in [0.2, 0.25) is 0 Å². The number of carbonyl (C=O) groups excluding carboxylic acids is 1. The number of nitrogen functional groups attached to an aromatic ring is 1. The lowest BCUT2D eigenvalue weighted by Crippen LogP contribution is -2.29. The van der Waals surface area contributed by atoms with E-state index < -0.39 is 0 Å². The third-order valence-corrected chi connectivity index (χ3v) is 3.06. The van der Waals surface area contributed by atoms with Crippen LogP contribution >= 0.6 is 15.9 Å². The minimum Gasteiger partial charge on any atom is -0.350 e. The van der Waals surface area contributed by atoms with Crippen molar-refractivity contribution in [1.29, 1.82) is 0 Å². The van der Waals surface area contributed by atoms with Gasteiger partial charge in [0.25, 0.3) is 5.91 Å². The first kappa shape index (κ1) is 14.5. The van der Waals surface area contributed by atoms with Crippen LogP contribution in [0.2, 0.25) is 0 Å². The normalized spacial score (nSPS) is 10.3. The molecular formula is C12H15BrN6O. The smallest absolute Gasteiger partial charge is 0.255 e. The van der Waals surface area contributed by atoms with Gasteiger partial charge >= 0.3 is 0 Å². The maximum Gasteiger partial charge on any atom is 0.255 e. The van der Waals surface area contributed by atoms with E-state index in [1.807, 2.05) is 13.1 Å². The molecule has 0 spiro atoms. The number of aryl methyl sites for hydroxylation is 1. The van der Waals surface area contributed by atoms with Crippen molar-refractivity contribution in [3.8, 4) is 0 Å². The molecule has 0 unspecified atom stereocenters. The Bertz CT molecular complexity index is 612. The van der Waals surface area contributed by atoms with Gasteiger partial charge in [0.1, 0.15) is 0 Å². The Labute approximate surface area is 124 Å². The van der Waals surface area contributed by atoms with Crippen LogP contribution in [0.1, 0.15) is 15.9 Å². The number of carbonyl (C=O) groups is 1. The number of aromatic nitrogens is 3. The lowest BCUT2D eigenvalue weighted by atomic mass is 10.2. The Morgan fingerprint density at radius 3 is 2.95 bits per heavy atom. The lowest BCUT2D eigenvalue weighted by Gasteiger charge is -2.09. The predicted molar refractivity (Wildman–Crippen MR) is 79.0 cm³/mol. The number of nitrogens with two attached hydrogens (primary N) is 1. The molecular weight excluding hydrogens is 324 g/mol. The molecule has 0 radical (unpaired) electrons. The highest BCUT2D eigenvalue weighted by molar-refractivity contribution is 9.10. The monoisotopic (exact) mass is 338 g/mol. The van der Waals surface area contributed by atoms with Crippen LogP contribution in [0.3, 0.4) is 0 Å². The minimum atomic E-state index is -0.240. The molecule has 8 heteroatoms. The van der Waals surface area contributed by atoms with Crippen LogP contribution < -0.4 is 16.6 Å². The minimum absolute atomic E-state index is 0.240. The van der Waals surface area contributed by atoms with Gasteiger partial charge in [-0.1, -0.05) is 0 Å². The zero-order chi connectivity index (χ0) is 14.5. The van der Waals surface area contributed by atoms with Crippen molar-refractivity contribution in [1.82, 2.24) is 20.1 Å². The largest absolute Gasteiger partial charge is 0.350 e. The van der Waals surface area contributed by atoms with Crippen molar-refractivity contribution < 1.29 is 4.79 Å². The second-order valence-electron chi connectivity index (χ2n) is 4.23. The molecule has 2 rings (SSSR count). The van der Waals surface area contributed by atoms with Gasteiger partial charge in [-0.3, -0.25) is 9.48 Å². The number of anilines is 1. The summed E-state index contributed by atoms with van der Waals surface area (Å²) in [5.41, 5.74) is 3.88. The van der Waals surface area contributed by atoms with Gasteiger partial charge in [-0.15, -0.1) is 0 Å². The van der Waals surface area contributed by atoms with Crippen LogP contribution in [-0.4, -0.2) is 27.2 Å². The molecule has 0 fully saturated rings. The van der Waals surface area contributed by atoms with E-state index in [4.69, 9.17) is 5.84 Å². The van der Waals surface area contributed by atoms with Crippen LogP contribution in [0.5, 0.6) is 0 Å². The van der Waals surface area contributed by atoms with Gasteiger partial charge in [0.15, 0.2) is 5.82 Å². The third-order valence-electron chi connectivity index (χ3n) is 2.62. The highest BCUT2D eigenvalue weighted by atomic mass is 79.9. The predicted octanol–water partition coefficient (Wildman–Crippen LogP) is 1.06. The molecule has 0 aliphatic heterocycles. The fraction of sp³-hybridized carbons (Fsp3) is 0.250. The molecule has 106 valence electrons. The van der Waals surface area contributed by atoms with E-state index in [1.165, 1.54) is 0 Å². The number of hydrazine groups is 1. The summed E-state index contributed by atoms with van der Waals surface area (Å²) in [4.78, 5) is 16.1. The first-order valence-corrected chi connectivity index (χ1v) is 6.79. The fourth-order valence-electron chi connectivity index (χ4n) is 1.70. The van der Waals surface area contributed by atoms with E-state index in [9.17, 15) is 4.79 Å². The molecule has 0 aliphatic carbocycles. The van der Waals surface area contributed by atoms with Crippen molar-refractivity contribution in [2.24, 2.45) is 5.84 Å². The van der Waals surface area contributed by atoms with Gasteiger partial charge in [-0.05, 0) is 34.5 Å². The van der Waals surface area contributed by atoms with Gasteiger partial charge in [-0.2, -0.15) is 5.10 Å². The highest BCUT2D eigenvalue weighted by Crippen LogP contribution is 2.16. The molecule has 0 aromatic carbocycles. The molecule has 0 atom stereocenters. The van der Waals surface area contributed by atoms with Crippen molar-refractivity contribution >= 4 is 27.7 Å². The molecule has 20 heavy (non-hydrogen) atoms. The Balaban J connectivity index is 1.96.